The van der Waals surface area contributed by atoms with Crippen molar-refractivity contribution in [1.29, 1.82) is 0 Å². The number of carbonyl (C=O) groups excluding carboxylic acids is 1. The highest BCUT2D eigenvalue weighted by molar-refractivity contribution is 5.68. The quantitative estimate of drug-likeness (QED) is 0.741. The van der Waals surface area contributed by atoms with Crippen molar-refractivity contribution in [1.82, 2.24) is 15.6 Å². The Hall–Kier alpha value is -1.49. The van der Waals surface area contributed by atoms with Gasteiger partial charge >= 0.3 is 6.09 Å². The van der Waals surface area contributed by atoms with Crippen molar-refractivity contribution in [3.05, 3.63) is 24.0 Å². The molecule has 0 aliphatic carbocycles. The Balaban J connectivity index is 2.27. The first-order chi connectivity index (χ1) is 8.90. The maximum Gasteiger partial charge on any atom is 0.407 e. The van der Waals surface area contributed by atoms with Gasteiger partial charge in [-0.05, 0) is 38.8 Å². The maximum atomic E-state index is 11.7. The van der Waals surface area contributed by atoms with Gasteiger partial charge in [0.1, 0.15) is 5.60 Å². The molecule has 1 rings (SSSR count). The minimum Gasteiger partial charge on any atom is -0.444 e. The Labute approximate surface area is 115 Å². The Morgan fingerprint density at radius 2 is 2.21 bits per heavy atom. The van der Waals surface area contributed by atoms with Crippen LogP contribution in [0.5, 0.6) is 0 Å². The van der Waals surface area contributed by atoms with E-state index in [1.807, 2.05) is 46.2 Å². The third-order valence-corrected chi connectivity index (χ3v) is 2.60. The van der Waals surface area contributed by atoms with Gasteiger partial charge in [0.25, 0.3) is 0 Å². The molecule has 19 heavy (non-hydrogen) atoms. The van der Waals surface area contributed by atoms with Gasteiger partial charge in [-0.3, -0.25) is 0 Å². The summed E-state index contributed by atoms with van der Waals surface area (Å²) in [7, 11) is 0. The predicted octanol–water partition coefficient (Wildman–Crippen LogP) is 2.41. The lowest BCUT2D eigenvalue weighted by molar-refractivity contribution is 0.0502. The zero-order chi connectivity index (χ0) is 14.3. The molecule has 0 bridgehead atoms. The van der Waals surface area contributed by atoms with E-state index in [9.17, 15) is 4.79 Å². The van der Waals surface area contributed by atoms with Crippen LogP contribution in [0.2, 0.25) is 0 Å². The number of amides is 1. The Morgan fingerprint density at radius 3 is 2.74 bits per heavy atom. The zero-order valence-corrected chi connectivity index (χ0v) is 12.2. The first kappa shape index (κ1) is 15.6. The average Bonchev–Trinajstić information content (AvgIpc) is 2.78. The van der Waals surface area contributed by atoms with Crippen LogP contribution in [0.3, 0.4) is 0 Å². The van der Waals surface area contributed by atoms with E-state index in [-0.39, 0.29) is 12.1 Å². The Morgan fingerprint density at radius 1 is 1.47 bits per heavy atom. The fourth-order valence-corrected chi connectivity index (χ4v) is 1.63. The molecule has 0 saturated carbocycles. The van der Waals surface area contributed by atoms with Gasteiger partial charge in [0.15, 0.2) is 0 Å². The van der Waals surface area contributed by atoms with E-state index in [1.165, 1.54) is 5.56 Å². The van der Waals surface area contributed by atoms with Gasteiger partial charge in [0.2, 0.25) is 0 Å². The molecule has 5 nitrogen and oxygen atoms in total. The summed E-state index contributed by atoms with van der Waals surface area (Å²) in [6.45, 7) is 9.13. The monoisotopic (exact) mass is 267 g/mol. The van der Waals surface area contributed by atoms with Gasteiger partial charge in [-0.2, -0.15) is 0 Å². The molecular weight excluding hydrogens is 242 g/mol. The standard InChI is InChI=1S/C14H25N3O2/c1-5-12(17-13(18)19-14(2,3)4)10-16-9-11-6-7-15-8-11/h6-8,12,15-16H,5,9-10H2,1-4H3,(H,17,18). The summed E-state index contributed by atoms with van der Waals surface area (Å²) >= 11 is 0. The van der Waals surface area contributed by atoms with Crippen LogP contribution in [0.4, 0.5) is 4.79 Å². The van der Waals surface area contributed by atoms with Crippen molar-refractivity contribution < 1.29 is 9.53 Å². The van der Waals surface area contributed by atoms with Gasteiger partial charge in [-0.1, -0.05) is 6.92 Å². The molecule has 3 N–H and O–H groups in total. The van der Waals surface area contributed by atoms with Crippen LogP contribution in [0.15, 0.2) is 18.5 Å². The molecule has 0 saturated heterocycles. The van der Waals surface area contributed by atoms with Crippen molar-refractivity contribution in [3.8, 4) is 0 Å². The SMILES string of the molecule is CCC(CNCc1cc[nH]c1)NC(=O)OC(C)(C)C. The van der Waals surface area contributed by atoms with Gasteiger partial charge in [-0.15, -0.1) is 0 Å². The lowest BCUT2D eigenvalue weighted by atomic mass is 10.2. The van der Waals surface area contributed by atoms with Crippen LogP contribution >= 0.6 is 0 Å². The molecule has 0 radical (unpaired) electrons. The summed E-state index contributed by atoms with van der Waals surface area (Å²) < 4.78 is 5.24. The molecule has 0 aliphatic heterocycles. The van der Waals surface area contributed by atoms with Crippen LogP contribution in [0, 0.1) is 0 Å². The molecule has 0 aromatic carbocycles. The highest BCUT2D eigenvalue weighted by atomic mass is 16.6. The number of ether oxygens (including phenoxy) is 1. The summed E-state index contributed by atoms with van der Waals surface area (Å²) in [5.41, 5.74) is 0.744. The second-order valence-corrected chi connectivity index (χ2v) is 5.60. The van der Waals surface area contributed by atoms with Crippen molar-refractivity contribution in [2.45, 2.75) is 52.3 Å². The minimum atomic E-state index is -0.457. The fraction of sp³-hybridized carbons (Fsp3) is 0.643. The smallest absolute Gasteiger partial charge is 0.407 e. The predicted molar refractivity (Wildman–Crippen MR) is 75.9 cm³/mol. The third kappa shape index (κ3) is 6.86. The number of alkyl carbamates (subject to hydrolysis) is 1. The van der Waals surface area contributed by atoms with Gasteiger partial charge in [-0.25, -0.2) is 4.79 Å². The lowest BCUT2D eigenvalue weighted by Gasteiger charge is -2.23. The van der Waals surface area contributed by atoms with Crippen molar-refractivity contribution >= 4 is 6.09 Å². The molecule has 1 aromatic rings. The Bertz CT molecular complexity index is 369. The van der Waals surface area contributed by atoms with Crippen molar-refractivity contribution in [2.75, 3.05) is 6.54 Å². The maximum absolute atomic E-state index is 11.7. The highest BCUT2D eigenvalue weighted by Gasteiger charge is 2.18. The number of hydrogen-bond acceptors (Lipinski definition) is 3. The van der Waals surface area contributed by atoms with Crippen molar-refractivity contribution in [3.63, 3.8) is 0 Å². The second-order valence-electron chi connectivity index (χ2n) is 5.60. The molecule has 1 unspecified atom stereocenters. The third-order valence-electron chi connectivity index (χ3n) is 2.60. The molecule has 5 heteroatoms. The van der Waals surface area contributed by atoms with Crippen molar-refractivity contribution in [2.24, 2.45) is 0 Å². The van der Waals surface area contributed by atoms with E-state index in [4.69, 9.17) is 4.74 Å². The number of carbonyl (C=O) groups is 1. The summed E-state index contributed by atoms with van der Waals surface area (Å²) in [6, 6.07) is 2.10. The van der Waals surface area contributed by atoms with Gasteiger partial charge in [0.05, 0.1) is 0 Å². The van der Waals surface area contributed by atoms with E-state index < -0.39 is 5.60 Å². The number of nitrogens with one attached hydrogen (secondary N) is 3. The Kier molecular flexibility index (Phi) is 5.89. The molecular formula is C14H25N3O2. The second kappa shape index (κ2) is 7.19. The van der Waals surface area contributed by atoms with E-state index in [1.54, 1.807) is 0 Å². The fourth-order valence-electron chi connectivity index (χ4n) is 1.63. The summed E-state index contributed by atoms with van der Waals surface area (Å²) in [6.07, 6.45) is 4.35. The summed E-state index contributed by atoms with van der Waals surface area (Å²) in [5, 5.41) is 6.19. The molecule has 1 aromatic heterocycles. The number of aromatic nitrogens is 1. The normalized spacial score (nSPS) is 13.1. The van der Waals surface area contributed by atoms with E-state index >= 15 is 0 Å². The molecule has 1 atom stereocenters. The molecule has 0 fully saturated rings. The first-order valence-electron chi connectivity index (χ1n) is 6.72. The van der Waals surface area contributed by atoms with Crippen LogP contribution in [-0.4, -0.2) is 29.3 Å². The summed E-state index contributed by atoms with van der Waals surface area (Å²) in [5.74, 6) is 0. The van der Waals surface area contributed by atoms with Crippen LogP contribution in [-0.2, 0) is 11.3 Å². The highest BCUT2D eigenvalue weighted by Crippen LogP contribution is 2.07. The minimum absolute atomic E-state index is 0.0776. The first-order valence-corrected chi connectivity index (χ1v) is 6.72. The topological polar surface area (TPSA) is 66.2 Å². The molecule has 0 aliphatic rings. The van der Waals surface area contributed by atoms with E-state index in [0.717, 1.165) is 19.5 Å². The largest absolute Gasteiger partial charge is 0.444 e. The van der Waals surface area contributed by atoms with Gasteiger partial charge in [0, 0.05) is 31.5 Å². The van der Waals surface area contributed by atoms with Crippen LogP contribution < -0.4 is 10.6 Å². The molecule has 0 spiro atoms. The zero-order valence-electron chi connectivity index (χ0n) is 12.2. The molecule has 1 amide bonds. The van der Waals surface area contributed by atoms with E-state index in [2.05, 4.69) is 15.6 Å². The molecule has 108 valence electrons. The molecule has 1 heterocycles. The number of rotatable bonds is 6. The number of aromatic amines is 1. The van der Waals surface area contributed by atoms with E-state index in [0.29, 0.717) is 0 Å². The lowest BCUT2D eigenvalue weighted by Crippen LogP contribution is -2.43. The van der Waals surface area contributed by atoms with Crippen LogP contribution in [0.1, 0.15) is 39.7 Å². The van der Waals surface area contributed by atoms with Crippen LogP contribution in [0.25, 0.3) is 0 Å². The van der Waals surface area contributed by atoms with Gasteiger partial charge < -0.3 is 20.4 Å². The number of H-pyrrole nitrogens is 1. The summed E-state index contributed by atoms with van der Waals surface area (Å²) in [4.78, 5) is 14.7. The number of hydrogen-bond donors (Lipinski definition) is 3. The average molecular weight is 267 g/mol.